The van der Waals surface area contributed by atoms with Gasteiger partial charge in [-0.15, -0.1) is 0 Å². The van der Waals surface area contributed by atoms with E-state index < -0.39 is 5.60 Å². The van der Waals surface area contributed by atoms with Crippen molar-refractivity contribution in [3.63, 3.8) is 0 Å². The van der Waals surface area contributed by atoms with Crippen LogP contribution in [0.4, 0.5) is 4.79 Å². The number of likely N-dealkylation sites (tertiary alicyclic amines) is 1. The van der Waals surface area contributed by atoms with E-state index in [2.05, 4.69) is 5.32 Å². The van der Waals surface area contributed by atoms with Crippen LogP contribution in [0.25, 0.3) is 0 Å². The van der Waals surface area contributed by atoms with Crippen molar-refractivity contribution in [1.82, 2.24) is 10.2 Å². The number of nitrogens with one attached hydrogen (secondary N) is 1. The molecule has 1 rings (SSSR count). The second-order valence-electron chi connectivity index (χ2n) is 7.15. The molecule has 0 bridgehead atoms. The Labute approximate surface area is 133 Å². The van der Waals surface area contributed by atoms with Gasteiger partial charge in [0.05, 0.1) is 7.11 Å². The first-order chi connectivity index (χ1) is 10.1. The number of piperidine rings is 1. The van der Waals surface area contributed by atoms with Crippen molar-refractivity contribution in [2.24, 2.45) is 5.92 Å². The number of ether oxygens (including phenoxy) is 2. The Morgan fingerprint density at radius 3 is 2.14 bits per heavy atom. The zero-order chi connectivity index (χ0) is 16.9. The normalized spacial score (nSPS) is 18.2. The number of rotatable bonds is 4. The minimum atomic E-state index is -0.472. The molecule has 0 saturated carbocycles. The van der Waals surface area contributed by atoms with Gasteiger partial charge in [-0.2, -0.15) is 0 Å². The molecule has 1 unspecified atom stereocenters. The van der Waals surface area contributed by atoms with Crippen molar-refractivity contribution in [2.45, 2.75) is 65.1 Å². The smallest absolute Gasteiger partial charge is 0.410 e. The molecule has 0 aromatic heterocycles. The van der Waals surface area contributed by atoms with E-state index in [0.29, 0.717) is 13.1 Å². The Balaban J connectivity index is 2.48. The van der Waals surface area contributed by atoms with Gasteiger partial charge in [-0.05, 0) is 39.5 Å². The topological polar surface area (TPSA) is 67.9 Å². The molecule has 0 aromatic carbocycles. The Hall–Kier alpha value is -1.30. The molecule has 1 atom stereocenters. The lowest BCUT2D eigenvalue weighted by molar-refractivity contribution is -0.144. The molecule has 1 fully saturated rings. The number of nitrogens with zero attached hydrogens (tertiary/aromatic N) is 1. The molecule has 6 heteroatoms. The van der Waals surface area contributed by atoms with E-state index in [1.165, 1.54) is 7.11 Å². The van der Waals surface area contributed by atoms with Crippen molar-refractivity contribution >= 4 is 12.1 Å². The van der Waals surface area contributed by atoms with Crippen LogP contribution in [0.15, 0.2) is 0 Å². The van der Waals surface area contributed by atoms with Crippen molar-refractivity contribution in [3.8, 4) is 0 Å². The molecular formula is C16H30N2O4. The van der Waals surface area contributed by atoms with Gasteiger partial charge in [-0.1, -0.05) is 13.8 Å². The predicted molar refractivity (Wildman–Crippen MR) is 84.6 cm³/mol. The summed E-state index contributed by atoms with van der Waals surface area (Å²) < 4.78 is 10.2. The summed E-state index contributed by atoms with van der Waals surface area (Å²) >= 11 is 0. The molecule has 1 N–H and O–H groups in total. The van der Waals surface area contributed by atoms with Gasteiger partial charge in [0.1, 0.15) is 11.6 Å². The van der Waals surface area contributed by atoms with Crippen LogP contribution in [0, 0.1) is 5.92 Å². The summed E-state index contributed by atoms with van der Waals surface area (Å²) in [7, 11) is 1.41. The van der Waals surface area contributed by atoms with Crippen molar-refractivity contribution in [2.75, 3.05) is 20.2 Å². The van der Waals surface area contributed by atoms with E-state index in [-0.39, 0.29) is 30.1 Å². The zero-order valence-electron chi connectivity index (χ0n) is 14.6. The van der Waals surface area contributed by atoms with Gasteiger partial charge in [0.2, 0.25) is 0 Å². The number of hydrogen-bond donors (Lipinski definition) is 1. The highest BCUT2D eigenvalue weighted by Gasteiger charge is 2.30. The number of methoxy groups -OCH3 is 1. The maximum atomic E-state index is 12.0. The molecule has 0 aliphatic carbocycles. The molecule has 0 aromatic rings. The number of carbonyl (C=O) groups excluding carboxylic acids is 2. The number of amides is 1. The first kappa shape index (κ1) is 18.7. The van der Waals surface area contributed by atoms with Crippen LogP contribution >= 0.6 is 0 Å². The molecule has 1 aliphatic heterocycles. The quantitative estimate of drug-likeness (QED) is 0.806. The van der Waals surface area contributed by atoms with Crippen LogP contribution in [0.3, 0.4) is 0 Å². The van der Waals surface area contributed by atoms with E-state index >= 15 is 0 Å². The number of carbonyl (C=O) groups is 2. The summed E-state index contributed by atoms with van der Waals surface area (Å²) in [6.07, 6.45) is 1.35. The monoisotopic (exact) mass is 314 g/mol. The lowest BCUT2D eigenvalue weighted by Gasteiger charge is -2.35. The zero-order valence-corrected chi connectivity index (χ0v) is 14.6. The van der Waals surface area contributed by atoms with Gasteiger partial charge >= 0.3 is 12.1 Å². The summed E-state index contributed by atoms with van der Waals surface area (Å²) in [6, 6.07) is -0.0896. The highest BCUT2D eigenvalue weighted by atomic mass is 16.6. The van der Waals surface area contributed by atoms with Crippen LogP contribution in [0.2, 0.25) is 0 Å². The molecule has 22 heavy (non-hydrogen) atoms. The van der Waals surface area contributed by atoms with E-state index in [1.807, 2.05) is 34.6 Å². The molecule has 128 valence electrons. The molecule has 0 radical (unpaired) electrons. The highest BCUT2D eigenvalue weighted by Crippen LogP contribution is 2.17. The molecule has 6 nitrogen and oxygen atoms in total. The summed E-state index contributed by atoms with van der Waals surface area (Å²) in [5.74, 6) is -0.0686. The molecule has 0 spiro atoms. The van der Waals surface area contributed by atoms with Gasteiger partial charge in [0, 0.05) is 19.1 Å². The molecule has 1 heterocycles. The Bertz CT molecular complexity index is 382. The summed E-state index contributed by atoms with van der Waals surface area (Å²) in [5.41, 5.74) is -0.472. The van der Waals surface area contributed by atoms with Gasteiger partial charge < -0.3 is 19.7 Å². The predicted octanol–water partition coefficient (Wildman–Crippen LogP) is 2.17. The van der Waals surface area contributed by atoms with Gasteiger partial charge in [0.15, 0.2) is 0 Å². The standard InChI is InChI=1S/C16H30N2O4/c1-11(2)13(14(19)21-6)17-12-7-9-18(10-8-12)15(20)22-16(3,4)5/h11-13,17H,7-10H2,1-6H3. The maximum absolute atomic E-state index is 12.0. The Kier molecular flexibility index (Phi) is 6.66. The van der Waals surface area contributed by atoms with Crippen LogP contribution in [-0.2, 0) is 14.3 Å². The lowest BCUT2D eigenvalue weighted by Crippen LogP contribution is -2.52. The van der Waals surface area contributed by atoms with Crippen LogP contribution in [0.1, 0.15) is 47.5 Å². The minimum absolute atomic E-state index is 0.163. The molecular weight excluding hydrogens is 284 g/mol. The highest BCUT2D eigenvalue weighted by molar-refractivity contribution is 5.76. The SMILES string of the molecule is COC(=O)C(NC1CCN(C(=O)OC(C)(C)C)CC1)C(C)C. The third kappa shape index (κ3) is 5.83. The van der Waals surface area contributed by atoms with Crippen molar-refractivity contribution < 1.29 is 19.1 Å². The fourth-order valence-electron chi connectivity index (χ4n) is 2.47. The second-order valence-corrected chi connectivity index (χ2v) is 7.15. The van der Waals surface area contributed by atoms with E-state index in [1.54, 1.807) is 4.90 Å². The van der Waals surface area contributed by atoms with Gasteiger partial charge in [-0.25, -0.2) is 4.79 Å². The van der Waals surface area contributed by atoms with E-state index in [0.717, 1.165) is 12.8 Å². The average molecular weight is 314 g/mol. The fraction of sp³-hybridized carbons (Fsp3) is 0.875. The van der Waals surface area contributed by atoms with E-state index in [4.69, 9.17) is 9.47 Å². The van der Waals surface area contributed by atoms with Crippen molar-refractivity contribution in [3.05, 3.63) is 0 Å². The van der Waals surface area contributed by atoms with Crippen LogP contribution < -0.4 is 5.32 Å². The maximum Gasteiger partial charge on any atom is 0.410 e. The van der Waals surface area contributed by atoms with Gasteiger partial charge in [-0.3, -0.25) is 4.79 Å². The van der Waals surface area contributed by atoms with E-state index in [9.17, 15) is 9.59 Å². The van der Waals surface area contributed by atoms with Crippen molar-refractivity contribution in [1.29, 1.82) is 0 Å². The third-order valence-electron chi connectivity index (χ3n) is 3.68. The molecule has 1 saturated heterocycles. The average Bonchev–Trinajstić information content (AvgIpc) is 2.42. The first-order valence-corrected chi connectivity index (χ1v) is 7.96. The molecule has 1 amide bonds. The second kappa shape index (κ2) is 7.81. The largest absolute Gasteiger partial charge is 0.468 e. The lowest BCUT2D eigenvalue weighted by atomic mass is 9.99. The summed E-state index contributed by atoms with van der Waals surface area (Å²) in [4.78, 5) is 25.5. The van der Waals surface area contributed by atoms with Crippen LogP contribution in [-0.4, -0.2) is 54.8 Å². The Morgan fingerprint density at radius 2 is 1.73 bits per heavy atom. The Morgan fingerprint density at radius 1 is 1.18 bits per heavy atom. The minimum Gasteiger partial charge on any atom is -0.468 e. The van der Waals surface area contributed by atoms with Gasteiger partial charge in [0.25, 0.3) is 0 Å². The fourth-order valence-corrected chi connectivity index (χ4v) is 2.47. The molecule has 1 aliphatic rings. The number of hydrogen-bond acceptors (Lipinski definition) is 5. The summed E-state index contributed by atoms with van der Waals surface area (Å²) in [5, 5.41) is 3.36. The van der Waals surface area contributed by atoms with Crippen LogP contribution in [0.5, 0.6) is 0 Å². The summed E-state index contributed by atoms with van der Waals surface area (Å²) in [6.45, 7) is 10.8. The number of esters is 1. The third-order valence-corrected chi connectivity index (χ3v) is 3.68. The first-order valence-electron chi connectivity index (χ1n) is 7.96.